The average molecular weight is 546 g/mol. The topological polar surface area (TPSA) is 117 Å². The first kappa shape index (κ1) is 27.0. The van der Waals surface area contributed by atoms with Gasteiger partial charge in [-0.2, -0.15) is 5.26 Å². The van der Waals surface area contributed by atoms with Crippen LogP contribution >= 0.6 is 23.2 Å². The van der Waals surface area contributed by atoms with Crippen LogP contribution in [0.2, 0.25) is 10.0 Å². The number of nitrogens with zero attached hydrogens (tertiary/aromatic N) is 2. The first-order chi connectivity index (χ1) is 17.1. The van der Waals surface area contributed by atoms with Gasteiger partial charge in [0, 0.05) is 17.3 Å². The summed E-state index contributed by atoms with van der Waals surface area (Å²) < 4.78 is 33.6. The summed E-state index contributed by atoms with van der Waals surface area (Å²) in [4.78, 5) is 27.1. The van der Waals surface area contributed by atoms with Gasteiger partial charge >= 0.3 is 5.97 Å². The SMILES string of the molecule is C[C@@H](OC(=O)c1ccccc1NS(=O)(=O)c1cc(Cl)ccc1Cl)C(=O)N(CCC#N)c1ccccc1. The highest BCUT2D eigenvalue weighted by Gasteiger charge is 2.27. The predicted octanol–water partition coefficient (Wildman–Crippen LogP) is 5.29. The molecule has 0 saturated heterocycles. The van der Waals surface area contributed by atoms with E-state index in [1.165, 1.54) is 54.3 Å². The number of nitrogens with one attached hydrogen (secondary N) is 1. The Balaban J connectivity index is 1.82. The number of nitriles is 1. The van der Waals surface area contributed by atoms with Crippen molar-refractivity contribution >= 4 is 56.5 Å². The molecule has 8 nitrogen and oxygen atoms in total. The molecule has 3 rings (SSSR count). The number of anilines is 2. The molecule has 0 aliphatic carbocycles. The van der Waals surface area contributed by atoms with E-state index in [1.807, 2.05) is 6.07 Å². The number of sulfonamides is 1. The third kappa shape index (κ3) is 6.55. The van der Waals surface area contributed by atoms with Crippen LogP contribution in [0, 0.1) is 11.3 Å². The van der Waals surface area contributed by atoms with Crippen LogP contribution in [0.5, 0.6) is 0 Å². The Labute approximate surface area is 219 Å². The molecule has 0 bridgehead atoms. The molecule has 36 heavy (non-hydrogen) atoms. The van der Waals surface area contributed by atoms with E-state index in [1.54, 1.807) is 30.3 Å². The largest absolute Gasteiger partial charge is 0.449 e. The number of carbonyl (C=O) groups excluding carboxylic acids is 2. The van der Waals surface area contributed by atoms with Gasteiger partial charge in [0.2, 0.25) is 0 Å². The minimum Gasteiger partial charge on any atom is -0.449 e. The fourth-order valence-corrected chi connectivity index (χ4v) is 5.11. The second-order valence-electron chi connectivity index (χ2n) is 7.51. The maximum Gasteiger partial charge on any atom is 0.341 e. The molecular formula is C25H21Cl2N3O5S. The summed E-state index contributed by atoms with van der Waals surface area (Å²) in [5.41, 5.74) is 0.372. The number of amides is 1. The van der Waals surface area contributed by atoms with Crippen LogP contribution in [0.15, 0.2) is 77.7 Å². The molecule has 186 valence electrons. The number of hydrogen-bond donors (Lipinski definition) is 1. The minimum absolute atomic E-state index is 0.0513. The molecule has 0 aromatic heterocycles. The average Bonchev–Trinajstić information content (AvgIpc) is 2.86. The van der Waals surface area contributed by atoms with Gasteiger partial charge in [-0.25, -0.2) is 13.2 Å². The second-order valence-corrected chi connectivity index (χ2v) is 10.0. The van der Waals surface area contributed by atoms with Crippen molar-refractivity contribution in [2.24, 2.45) is 0 Å². The monoisotopic (exact) mass is 545 g/mol. The van der Waals surface area contributed by atoms with Crippen LogP contribution in [0.3, 0.4) is 0 Å². The zero-order valence-corrected chi connectivity index (χ0v) is 21.3. The maximum atomic E-state index is 13.1. The Bertz CT molecular complexity index is 1410. The lowest BCUT2D eigenvalue weighted by atomic mass is 10.2. The number of ether oxygens (including phenoxy) is 1. The van der Waals surface area contributed by atoms with E-state index in [9.17, 15) is 18.0 Å². The van der Waals surface area contributed by atoms with Gasteiger partial charge in [-0.1, -0.05) is 53.5 Å². The summed E-state index contributed by atoms with van der Waals surface area (Å²) in [7, 11) is -4.21. The molecule has 0 fully saturated rings. The standard InChI is InChI=1S/C25H21Cl2N3O5S/c1-17(24(31)30(15-7-14-28)19-8-3-2-4-9-19)35-25(32)20-10-5-6-11-22(20)29-36(33,34)23-16-18(26)12-13-21(23)27/h2-6,8-13,16-17,29H,7,15H2,1H3/t17-/m1/s1. The van der Waals surface area contributed by atoms with Crippen LogP contribution < -0.4 is 9.62 Å². The Kier molecular flexibility index (Phi) is 8.93. The lowest BCUT2D eigenvalue weighted by molar-refractivity contribution is -0.126. The number of halogens is 2. The predicted molar refractivity (Wildman–Crippen MR) is 138 cm³/mol. The minimum atomic E-state index is -4.21. The lowest BCUT2D eigenvalue weighted by Crippen LogP contribution is -2.40. The molecular weight excluding hydrogens is 525 g/mol. The van der Waals surface area contributed by atoms with Crippen molar-refractivity contribution in [3.8, 4) is 6.07 Å². The number of rotatable bonds is 9. The van der Waals surface area contributed by atoms with E-state index in [-0.39, 0.29) is 39.2 Å². The van der Waals surface area contributed by atoms with E-state index in [2.05, 4.69) is 4.72 Å². The zero-order valence-electron chi connectivity index (χ0n) is 19.0. The quantitative estimate of drug-likeness (QED) is 0.365. The number of esters is 1. The number of para-hydroxylation sites is 2. The van der Waals surface area contributed by atoms with Gasteiger partial charge in [0.1, 0.15) is 4.90 Å². The van der Waals surface area contributed by atoms with E-state index in [4.69, 9.17) is 33.2 Å². The van der Waals surface area contributed by atoms with Crippen LogP contribution in [0.25, 0.3) is 0 Å². The maximum absolute atomic E-state index is 13.1. The van der Waals surface area contributed by atoms with E-state index >= 15 is 0 Å². The summed E-state index contributed by atoms with van der Waals surface area (Å²) in [5.74, 6) is -1.45. The second kappa shape index (κ2) is 11.9. The molecule has 0 unspecified atom stereocenters. The van der Waals surface area contributed by atoms with Crippen molar-refractivity contribution in [3.05, 3.63) is 88.4 Å². The van der Waals surface area contributed by atoms with E-state index in [0.717, 1.165) is 0 Å². The number of carbonyl (C=O) groups is 2. The molecule has 3 aromatic rings. The highest BCUT2D eigenvalue weighted by atomic mass is 35.5. The van der Waals surface area contributed by atoms with Gasteiger partial charge in [0.15, 0.2) is 6.10 Å². The van der Waals surface area contributed by atoms with Crippen LogP contribution in [-0.4, -0.2) is 32.9 Å². The molecule has 1 N–H and O–H groups in total. The van der Waals surface area contributed by atoms with Gasteiger partial charge in [0.25, 0.3) is 15.9 Å². The van der Waals surface area contributed by atoms with Gasteiger partial charge in [0.05, 0.1) is 28.8 Å². The molecule has 0 radical (unpaired) electrons. The van der Waals surface area contributed by atoms with Crippen LogP contribution in [0.4, 0.5) is 11.4 Å². The molecule has 1 atom stereocenters. The highest BCUT2D eigenvalue weighted by molar-refractivity contribution is 7.92. The molecule has 0 aliphatic heterocycles. The third-order valence-electron chi connectivity index (χ3n) is 4.99. The first-order valence-electron chi connectivity index (χ1n) is 10.7. The Morgan fingerprint density at radius 2 is 1.72 bits per heavy atom. The zero-order chi connectivity index (χ0) is 26.3. The van der Waals surface area contributed by atoms with Crippen LogP contribution in [0.1, 0.15) is 23.7 Å². The van der Waals surface area contributed by atoms with Crippen molar-refractivity contribution in [1.82, 2.24) is 0 Å². The Hall–Kier alpha value is -3.58. The van der Waals surface area contributed by atoms with Crippen molar-refractivity contribution < 1.29 is 22.7 Å². The molecule has 11 heteroatoms. The molecule has 3 aromatic carbocycles. The fraction of sp³-hybridized carbons (Fsp3) is 0.160. The highest BCUT2D eigenvalue weighted by Crippen LogP contribution is 2.28. The summed E-state index contributed by atoms with van der Waals surface area (Å²) in [6, 6.07) is 20.4. The number of hydrogen-bond acceptors (Lipinski definition) is 6. The number of benzene rings is 3. The Morgan fingerprint density at radius 3 is 2.42 bits per heavy atom. The van der Waals surface area contributed by atoms with Gasteiger partial charge in [-0.15, -0.1) is 0 Å². The van der Waals surface area contributed by atoms with Crippen molar-refractivity contribution in [3.63, 3.8) is 0 Å². The van der Waals surface area contributed by atoms with Crippen molar-refractivity contribution in [1.29, 1.82) is 5.26 Å². The third-order valence-corrected chi connectivity index (χ3v) is 7.07. The smallest absolute Gasteiger partial charge is 0.341 e. The summed E-state index contributed by atoms with van der Waals surface area (Å²) >= 11 is 12.0. The first-order valence-corrected chi connectivity index (χ1v) is 12.9. The molecule has 1 amide bonds. The lowest BCUT2D eigenvalue weighted by Gasteiger charge is -2.25. The van der Waals surface area contributed by atoms with E-state index in [0.29, 0.717) is 5.69 Å². The fourth-order valence-electron chi connectivity index (χ4n) is 3.26. The summed E-state index contributed by atoms with van der Waals surface area (Å²) in [6.45, 7) is 1.51. The van der Waals surface area contributed by atoms with Crippen molar-refractivity contribution in [2.75, 3.05) is 16.2 Å². The molecule has 0 spiro atoms. The van der Waals surface area contributed by atoms with Gasteiger partial charge < -0.3 is 9.64 Å². The van der Waals surface area contributed by atoms with Crippen LogP contribution in [-0.2, 0) is 19.6 Å². The summed E-state index contributed by atoms with van der Waals surface area (Å²) in [6.07, 6.45) is -1.14. The molecule has 0 heterocycles. The Morgan fingerprint density at radius 1 is 1.06 bits per heavy atom. The summed E-state index contributed by atoms with van der Waals surface area (Å²) in [5, 5.41) is 9.08. The van der Waals surface area contributed by atoms with Crippen molar-refractivity contribution in [2.45, 2.75) is 24.3 Å². The molecule has 0 saturated carbocycles. The normalized spacial score (nSPS) is 11.7. The van der Waals surface area contributed by atoms with Gasteiger partial charge in [-0.3, -0.25) is 9.52 Å². The van der Waals surface area contributed by atoms with Gasteiger partial charge in [-0.05, 0) is 49.4 Å². The van der Waals surface area contributed by atoms with E-state index < -0.39 is 28.0 Å². The molecule has 0 aliphatic rings.